The summed E-state index contributed by atoms with van der Waals surface area (Å²) in [6.45, 7) is 2.33. The first-order valence-electron chi connectivity index (χ1n) is 8.23. The zero-order valence-corrected chi connectivity index (χ0v) is 15.6. The molecule has 0 radical (unpaired) electrons. The smallest absolute Gasteiger partial charge is 0.390 e. The van der Waals surface area contributed by atoms with Gasteiger partial charge >= 0.3 is 12.0 Å². The third kappa shape index (κ3) is 3.30. The average Bonchev–Trinajstić information content (AvgIpc) is 2.96. The Bertz CT molecular complexity index is 803. The molecule has 9 heteroatoms. The summed E-state index contributed by atoms with van der Waals surface area (Å²) in [6, 6.07) is 6.18. The van der Waals surface area contributed by atoms with Gasteiger partial charge in [-0.2, -0.15) is 0 Å². The van der Waals surface area contributed by atoms with Gasteiger partial charge in [0, 0.05) is 19.1 Å². The standard InChI is InChI=1S/C17H20ClN5O3/c1-10(24)8-19-16-20-14-13(15(25)22(3)17(26)21(14)2)23(16)9-11-4-6-12(18)7-5-11/h4-7,10,13,24H,8-9H2,1-3H3/p+1. The number of imide groups is 1. The van der Waals surface area contributed by atoms with Crippen LogP contribution in [0.5, 0.6) is 0 Å². The van der Waals surface area contributed by atoms with Crippen molar-refractivity contribution in [1.29, 1.82) is 0 Å². The van der Waals surface area contributed by atoms with Crippen LogP contribution in [0.2, 0.25) is 5.02 Å². The Morgan fingerprint density at radius 2 is 1.92 bits per heavy atom. The highest BCUT2D eigenvalue weighted by Crippen LogP contribution is 2.20. The number of carbonyl (C=O) groups is 2. The largest absolute Gasteiger partial charge is 0.390 e. The third-order valence-corrected chi connectivity index (χ3v) is 4.60. The van der Waals surface area contributed by atoms with E-state index in [0.29, 0.717) is 23.4 Å². The number of fused-ring (bicyclic) bond motifs is 1. The molecule has 2 heterocycles. The maximum Gasteiger partial charge on any atom is 0.390 e. The van der Waals surface area contributed by atoms with Crippen LogP contribution in [0, 0.1) is 0 Å². The number of likely N-dealkylation sites (N-methyl/N-ethyl adjacent to an activating group) is 2. The average molecular weight is 379 g/mol. The molecule has 0 saturated carbocycles. The van der Waals surface area contributed by atoms with Crippen molar-refractivity contribution in [3.63, 3.8) is 0 Å². The number of aliphatic hydroxyl groups is 1. The van der Waals surface area contributed by atoms with E-state index in [1.165, 1.54) is 11.9 Å². The minimum atomic E-state index is -0.699. The molecule has 0 bridgehead atoms. The molecule has 0 aromatic heterocycles. The molecule has 8 nitrogen and oxygen atoms in total. The van der Waals surface area contributed by atoms with E-state index >= 15 is 0 Å². The number of aliphatic imine (C=N–C) groups is 1. The Kier molecular flexibility index (Phi) is 4.97. The number of nitrogens with one attached hydrogen (secondary N) is 1. The molecule has 3 rings (SSSR count). The van der Waals surface area contributed by atoms with Crippen molar-refractivity contribution in [2.24, 2.45) is 4.99 Å². The molecule has 0 aliphatic carbocycles. The van der Waals surface area contributed by atoms with Gasteiger partial charge < -0.3 is 5.11 Å². The van der Waals surface area contributed by atoms with Crippen molar-refractivity contribution in [1.82, 2.24) is 15.1 Å². The van der Waals surface area contributed by atoms with E-state index in [9.17, 15) is 14.7 Å². The van der Waals surface area contributed by atoms with Gasteiger partial charge in [0.25, 0.3) is 5.91 Å². The van der Waals surface area contributed by atoms with Crippen LogP contribution in [0.25, 0.3) is 0 Å². The monoisotopic (exact) mass is 378 g/mol. The molecule has 1 aromatic carbocycles. The number of halogens is 1. The molecule has 2 N–H and O–H groups in total. The van der Waals surface area contributed by atoms with Crippen LogP contribution in [0.1, 0.15) is 12.5 Å². The lowest BCUT2D eigenvalue weighted by atomic mass is 10.1. The van der Waals surface area contributed by atoms with Crippen LogP contribution >= 0.6 is 11.6 Å². The fourth-order valence-electron chi connectivity index (χ4n) is 2.93. The maximum absolute atomic E-state index is 12.7. The van der Waals surface area contributed by atoms with E-state index in [1.807, 2.05) is 12.1 Å². The molecule has 2 aliphatic rings. The number of carbonyl (C=O) groups excluding carboxylic acids is 2. The van der Waals surface area contributed by atoms with Crippen molar-refractivity contribution >= 4 is 35.3 Å². The van der Waals surface area contributed by atoms with Crippen LogP contribution < -0.4 is 5.32 Å². The SMILES string of the molecule is CC(O)CNC1=[N+](Cc2ccc(Cl)cc2)C2C(=O)N(C)C(=O)N(C)C2=N1. The fourth-order valence-corrected chi connectivity index (χ4v) is 3.06. The molecular weight excluding hydrogens is 358 g/mol. The molecule has 3 amide bonds. The molecule has 2 aliphatic heterocycles. The number of amidine groups is 1. The summed E-state index contributed by atoms with van der Waals surface area (Å²) >= 11 is 5.94. The lowest BCUT2D eigenvalue weighted by molar-refractivity contribution is -0.553. The van der Waals surface area contributed by atoms with Crippen LogP contribution in [0.4, 0.5) is 4.79 Å². The molecule has 1 fully saturated rings. The highest BCUT2D eigenvalue weighted by Gasteiger charge is 2.51. The minimum absolute atomic E-state index is 0.275. The Morgan fingerprint density at radius 1 is 1.27 bits per heavy atom. The number of nitrogens with zero attached hydrogens (tertiary/aromatic N) is 4. The van der Waals surface area contributed by atoms with Gasteiger partial charge in [0.15, 0.2) is 0 Å². The van der Waals surface area contributed by atoms with Crippen LogP contribution in [-0.4, -0.2) is 76.0 Å². The van der Waals surface area contributed by atoms with Gasteiger partial charge in [-0.05, 0) is 24.6 Å². The lowest BCUT2D eigenvalue weighted by Crippen LogP contribution is -2.61. The van der Waals surface area contributed by atoms with Crippen molar-refractivity contribution < 1.29 is 19.3 Å². The van der Waals surface area contributed by atoms with E-state index in [4.69, 9.17) is 11.6 Å². The Balaban J connectivity index is 1.98. The fraction of sp³-hybridized carbons (Fsp3) is 0.412. The van der Waals surface area contributed by atoms with Crippen molar-refractivity contribution in [2.45, 2.75) is 25.6 Å². The summed E-state index contributed by atoms with van der Waals surface area (Å²) in [4.78, 5) is 31.9. The molecule has 2 unspecified atom stereocenters. The summed E-state index contributed by atoms with van der Waals surface area (Å²) in [5.41, 5.74) is 0.942. The molecule has 0 spiro atoms. The topological polar surface area (TPSA) is 88.2 Å². The Hall–Kier alpha value is -2.45. The van der Waals surface area contributed by atoms with Crippen molar-refractivity contribution in [3.05, 3.63) is 34.9 Å². The van der Waals surface area contributed by atoms with E-state index in [-0.39, 0.29) is 12.5 Å². The number of aliphatic hydroxyl groups excluding tert-OH is 1. The number of hydrogen-bond acceptors (Lipinski definition) is 5. The summed E-state index contributed by atoms with van der Waals surface area (Å²) in [5, 5.41) is 13.3. The van der Waals surface area contributed by atoms with Gasteiger partial charge in [-0.3, -0.25) is 19.9 Å². The second kappa shape index (κ2) is 7.05. The first kappa shape index (κ1) is 18.3. The number of guanidine groups is 1. The quantitative estimate of drug-likeness (QED) is 0.746. The van der Waals surface area contributed by atoms with E-state index in [1.54, 1.807) is 30.7 Å². The number of urea groups is 1. The van der Waals surface area contributed by atoms with E-state index in [2.05, 4.69) is 10.3 Å². The normalized spacial score (nSPS) is 21.1. The van der Waals surface area contributed by atoms with Crippen molar-refractivity contribution in [3.8, 4) is 0 Å². The van der Waals surface area contributed by atoms with Crippen LogP contribution in [0.3, 0.4) is 0 Å². The van der Waals surface area contributed by atoms with E-state index < -0.39 is 18.2 Å². The predicted octanol–water partition coefficient (Wildman–Crippen LogP) is 0.483. The van der Waals surface area contributed by atoms with Crippen LogP contribution in [-0.2, 0) is 11.3 Å². The zero-order valence-electron chi connectivity index (χ0n) is 14.8. The first-order valence-corrected chi connectivity index (χ1v) is 8.61. The van der Waals surface area contributed by atoms with Crippen molar-refractivity contribution in [2.75, 3.05) is 20.6 Å². The van der Waals surface area contributed by atoms with Gasteiger partial charge in [-0.1, -0.05) is 28.7 Å². The van der Waals surface area contributed by atoms with Gasteiger partial charge in [-0.15, -0.1) is 0 Å². The summed E-state index contributed by atoms with van der Waals surface area (Å²) in [5.74, 6) is 0.485. The third-order valence-electron chi connectivity index (χ3n) is 4.35. The number of amides is 3. The minimum Gasteiger partial charge on any atom is -0.390 e. The second-order valence-corrected chi connectivity index (χ2v) is 6.86. The molecule has 2 atom stereocenters. The van der Waals surface area contributed by atoms with Gasteiger partial charge in [0.1, 0.15) is 0 Å². The molecule has 1 saturated heterocycles. The molecule has 138 valence electrons. The van der Waals surface area contributed by atoms with E-state index in [0.717, 1.165) is 10.5 Å². The van der Waals surface area contributed by atoms with Gasteiger partial charge in [-0.25, -0.2) is 9.37 Å². The highest BCUT2D eigenvalue weighted by atomic mass is 35.5. The number of hydrogen-bond donors (Lipinski definition) is 2. The van der Waals surface area contributed by atoms with Gasteiger partial charge in [0.05, 0.1) is 19.2 Å². The molecular formula is C17H21ClN5O3+. The number of benzene rings is 1. The highest BCUT2D eigenvalue weighted by molar-refractivity contribution is 6.30. The first-order chi connectivity index (χ1) is 12.3. The Morgan fingerprint density at radius 3 is 2.54 bits per heavy atom. The molecule has 1 aromatic rings. The maximum atomic E-state index is 12.7. The number of rotatable bonds is 4. The van der Waals surface area contributed by atoms with Gasteiger partial charge in [0.2, 0.25) is 11.9 Å². The summed E-state index contributed by atoms with van der Waals surface area (Å²) in [7, 11) is 3.05. The molecule has 26 heavy (non-hydrogen) atoms. The second-order valence-electron chi connectivity index (χ2n) is 6.42. The summed E-state index contributed by atoms with van der Waals surface area (Å²) in [6.07, 6.45) is -0.583. The lowest BCUT2D eigenvalue weighted by Gasteiger charge is -2.31. The zero-order chi connectivity index (χ0) is 19.0. The van der Waals surface area contributed by atoms with Crippen LogP contribution in [0.15, 0.2) is 29.3 Å². The Labute approximate surface area is 156 Å². The predicted molar refractivity (Wildman–Crippen MR) is 97.3 cm³/mol. The summed E-state index contributed by atoms with van der Waals surface area (Å²) < 4.78 is 1.79.